The van der Waals surface area contributed by atoms with Gasteiger partial charge >= 0.3 is 11.9 Å². The van der Waals surface area contributed by atoms with E-state index in [0.717, 1.165) is 25.7 Å². The fourth-order valence-corrected chi connectivity index (χ4v) is 27.1. The third-order valence-corrected chi connectivity index (χ3v) is 32.3. The summed E-state index contributed by atoms with van der Waals surface area (Å²) in [6.45, 7) is 20.8. The molecular formula is C76H92F2O15S4. The quantitative estimate of drug-likeness (QED) is 0.0823. The summed E-state index contributed by atoms with van der Waals surface area (Å²) in [4.78, 5) is 26.8. The molecular weight excluding hydrogens is 1320 g/mol. The zero-order valence-corrected chi connectivity index (χ0v) is 60.1. The Balaban J connectivity index is 0.000000192. The van der Waals surface area contributed by atoms with Gasteiger partial charge in [0.15, 0.2) is 47.5 Å². The standard InChI is InChI=1S/2C35H39FO7S2.C6H14O/c2*1-22(2)29-17-14-23(3)18-31(29)42-34-32-30(33(37)43-34)20-25-19-26(36)16-15-24(25)21-35(32,44(38,39)27-10-6-4-7-11-27)45(40,41)28-12-8-5-9-13-28;1-5(2)7-6(3)4/h2*4-13,15-16,19,22-23,29-32,34H,14,17-18,20-21H2,1-3H3;5-6H,1-4H3/t2*23-,29+,30+,31-,32-,34-;/m11./s1. The fourth-order valence-electron chi connectivity index (χ4n) is 16.1. The van der Waals surface area contributed by atoms with E-state index in [0.29, 0.717) is 59.1 Å². The van der Waals surface area contributed by atoms with Crippen LogP contribution >= 0.6 is 0 Å². The molecule has 97 heavy (non-hydrogen) atoms. The van der Waals surface area contributed by atoms with Gasteiger partial charge in [-0.15, -0.1) is 0 Å². The van der Waals surface area contributed by atoms with Crippen molar-refractivity contribution in [3.8, 4) is 0 Å². The Kier molecular flexibility index (Phi) is 22.4. The first-order valence-electron chi connectivity index (χ1n) is 34.0. The molecule has 0 spiro atoms. The smallest absolute Gasteiger partial charge is 0.312 e. The highest BCUT2D eigenvalue weighted by Gasteiger charge is 2.72. The molecule has 0 radical (unpaired) electrons. The van der Waals surface area contributed by atoms with Crippen LogP contribution in [0.4, 0.5) is 8.78 Å². The van der Waals surface area contributed by atoms with Crippen molar-refractivity contribution >= 4 is 51.3 Å². The highest BCUT2D eigenvalue weighted by molar-refractivity contribution is 8.11. The van der Waals surface area contributed by atoms with E-state index in [4.69, 9.17) is 23.7 Å². The first kappa shape index (κ1) is 73.5. The van der Waals surface area contributed by atoms with Crippen LogP contribution < -0.4 is 0 Å². The van der Waals surface area contributed by atoms with Crippen LogP contribution in [0.1, 0.15) is 130 Å². The zero-order valence-electron chi connectivity index (χ0n) is 56.8. The number of carbonyl (C=O) groups excluding carboxylic acids is 2. The lowest BCUT2D eigenvalue weighted by molar-refractivity contribution is -0.197. The Morgan fingerprint density at radius 2 is 0.722 bits per heavy atom. The minimum absolute atomic E-state index is 0.0818. The molecule has 4 fully saturated rings. The second kappa shape index (κ2) is 29.6. The number of carbonyl (C=O) groups is 2. The summed E-state index contributed by atoms with van der Waals surface area (Å²) >= 11 is 0. The number of sulfone groups is 4. The normalized spacial score (nSPS) is 26.9. The second-order valence-electron chi connectivity index (χ2n) is 28.6. The van der Waals surface area contributed by atoms with Gasteiger partial charge in [0.1, 0.15) is 11.6 Å². The minimum atomic E-state index is -4.79. The van der Waals surface area contributed by atoms with E-state index in [2.05, 4.69) is 41.5 Å². The third kappa shape index (κ3) is 14.3. The lowest BCUT2D eigenvalue weighted by Gasteiger charge is -2.42. The van der Waals surface area contributed by atoms with Gasteiger partial charge in [0.25, 0.3) is 0 Å². The van der Waals surface area contributed by atoms with E-state index in [9.17, 15) is 18.4 Å². The molecule has 0 unspecified atom stereocenters. The first-order chi connectivity index (χ1) is 45.9. The molecule has 0 bridgehead atoms. The maximum Gasteiger partial charge on any atom is 0.312 e. The Morgan fingerprint density at radius 3 is 0.990 bits per heavy atom. The second-order valence-corrected chi connectivity index (χ2v) is 37.9. The van der Waals surface area contributed by atoms with Crippen molar-refractivity contribution < 1.29 is 75.7 Å². The summed E-state index contributed by atoms with van der Waals surface area (Å²) in [5.74, 6) is -6.59. The average Bonchev–Trinajstić information content (AvgIpc) is 1.66. The largest absolute Gasteiger partial charge is 0.435 e. The van der Waals surface area contributed by atoms with Gasteiger partial charge in [-0.05, 0) is 197 Å². The maximum atomic E-state index is 15.2. The Hall–Kier alpha value is -6.20. The van der Waals surface area contributed by atoms with Crippen LogP contribution in [0, 0.1) is 70.8 Å². The van der Waals surface area contributed by atoms with Crippen LogP contribution in [-0.4, -0.2) is 90.8 Å². The summed E-state index contributed by atoms with van der Waals surface area (Å²) in [6, 6.07) is 37.6. The van der Waals surface area contributed by atoms with Gasteiger partial charge in [-0.1, -0.05) is 139 Å². The molecule has 6 aromatic rings. The van der Waals surface area contributed by atoms with Crippen molar-refractivity contribution in [2.24, 2.45) is 59.2 Å². The molecule has 4 aliphatic carbocycles. The number of hydrogen-bond donors (Lipinski definition) is 0. The molecule has 0 aromatic heterocycles. The van der Waals surface area contributed by atoms with Gasteiger partial charge < -0.3 is 23.7 Å². The van der Waals surface area contributed by atoms with Crippen LogP contribution in [0.25, 0.3) is 0 Å². The molecule has 2 saturated heterocycles. The number of fused-ring (bicyclic) bond motifs is 4. The molecule has 0 amide bonds. The highest BCUT2D eigenvalue weighted by atomic mass is 32.3. The van der Waals surface area contributed by atoms with Crippen LogP contribution in [0.3, 0.4) is 0 Å². The van der Waals surface area contributed by atoms with Gasteiger partial charge in [-0.25, -0.2) is 42.5 Å². The van der Waals surface area contributed by atoms with Crippen molar-refractivity contribution in [2.45, 2.75) is 198 Å². The van der Waals surface area contributed by atoms with E-state index in [1.807, 2.05) is 27.7 Å². The van der Waals surface area contributed by atoms with Gasteiger partial charge in [0.05, 0.1) is 67.7 Å². The molecule has 2 heterocycles. The zero-order chi connectivity index (χ0) is 70.2. The summed E-state index contributed by atoms with van der Waals surface area (Å²) in [7, 11) is -19.2. The Morgan fingerprint density at radius 1 is 0.423 bits per heavy atom. The molecule has 21 heteroatoms. The summed E-state index contributed by atoms with van der Waals surface area (Å²) < 4.78 is 176. The summed E-state index contributed by atoms with van der Waals surface area (Å²) in [6.07, 6.45) is 1.06. The fraction of sp³-hybridized carbons (Fsp3) is 0.500. The predicted molar refractivity (Wildman–Crippen MR) is 365 cm³/mol. The SMILES string of the molecule is CC(C)OC(C)C.CC(C)[C@@H]1CC[C@@H](C)C[C@H]1O[C@@H]1OC(=O)[C@H]2Cc3cc(F)ccc3CC(S(=O)(=O)c3ccccc3)(S(=O)(=O)c3ccccc3)[C@@H]12.CC(C)[C@@H]1CC[C@@H](C)C[C@H]1O[C@@H]1OC(=O)[C@H]2Cc3cc(F)ccc3CC(S(=O)(=O)c3ccccc3)(S(=O)(=O)c3ccccc3)[C@@H]12. The number of cyclic esters (lactones) is 2. The topological polar surface area (TPSA) is 217 Å². The highest BCUT2D eigenvalue weighted by Crippen LogP contribution is 2.57. The summed E-state index contributed by atoms with van der Waals surface area (Å²) in [5, 5.41) is 0. The van der Waals surface area contributed by atoms with Gasteiger partial charge in [-0.2, -0.15) is 0 Å². The maximum absolute atomic E-state index is 15.2. The first-order valence-corrected chi connectivity index (χ1v) is 39.9. The lowest BCUT2D eigenvalue weighted by atomic mass is 9.75. The van der Waals surface area contributed by atoms with Crippen LogP contribution in [0.5, 0.6) is 0 Å². The van der Waals surface area contributed by atoms with Crippen LogP contribution in [0.15, 0.2) is 177 Å². The number of ether oxygens (including phenoxy) is 5. The molecule has 12 atom stereocenters. The number of rotatable bonds is 16. The van der Waals surface area contributed by atoms with E-state index in [1.54, 1.807) is 24.3 Å². The van der Waals surface area contributed by atoms with Crippen molar-refractivity contribution in [3.05, 3.63) is 192 Å². The average molecular weight is 1410 g/mol. The lowest BCUT2D eigenvalue weighted by Crippen LogP contribution is -2.58. The van der Waals surface area contributed by atoms with E-state index < -0.39 is 120 Å². The van der Waals surface area contributed by atoms with Crippen molar-refractivity contribution in [1.82, 2.24) is 0 Å². The number of benzene rings is 6. The van der Waals surface area contributed by atoms with E-state index in [-0.39, 0.29) is 68.3 Å². The van der Waals surface area contributed by atoms with Crippen molar-refractivity contribution in [1.29, 1.82) is 0 Å². The van der Waals surface area contributed by atoms with Crippen LogP contribution in [-0.2, 0) is 98.3 Å². The van der Waals surface area contributed by atoms with Gasteiger partial charge in [-0.3, -0.25) is 9.59 Å². The van der Waals surface area contributed by atoms with Gasteiger partial charge in [0, 0.05) is 12.8 Å². The molecule has 524 valence electrons. The van der Waals surface area contributed by atoms with Crippen molar-refractivity contribution in [2.75, 3.05) is 0 Å². The van der Waals surface area contributed by atoms with E-state index >= 15 is 33.7 Å². The predicted octanol–water partition coefficient (Wildman–Crippen LogP) is 14.1. The molecule has 2 aliphatic heterocycles. The molecule has 6 aromatic carbocycles. The molecule has 6 aliphatic rings. The third-order valence-electron chi connectivity index (χ3n) is 20.7. The van der Waals surface area contributed by atoms with Crippen LogP contribution in [0.2, 0.25) is 0 Å². The Bertz CT molecular complexity index is 3800. The van der Waals surface area contributed by atoms with E-state index in [1.165, 1.54) is 133 Å². The molecule has 15 nitrogen and oxygen atoms in total. The molecule has 0 N–H and O–H groups in total. The number of halogens is 2. The van der Waals surface area contributed by atoms with Crippen molar-refractivity contribution in [3.63, 3.8) is 0 Å². The number of esters is 2. The number of hydrogen-bond acceptors (Lipinski definition) is 15. The molecule has 12 rings (SSSR count). The van der Waals surface area contributed by atoms with Gasteiger partial charge in [0.2, 0.25) is 12.6 Å². The summed E-state index contributed by atoms with van der Waals surface area (Å²) in [5.41, 5.74) is 1.45. The Labute approximate surface area is 572 Å². The monoisotopic (exact) mass is 1410 g/mol. The molecule has 2 saturated carbocycles. The minimum Gasteiger partial charge on any atom is -0.435 e.